The Labute approximate surface area is 173 Å². The second-order valence-electron chi connectivity index (χ2n) is 1.06. The van der Waals surface area contributed by atoms with Gasteiger partial charge in [0, 0.05) is 0 Å². The van der Waals surface area contributed by atoms with E-state index in [0.717, 1.165) is 0 Å². The fourth-order valence-electron chi connectivity index (χ4n) is 0. The second kappa shape index (κ2) is 19.1. The molecule has 0 unspecified atom stereocenters. The molecule has 0 rings (SSSR count). The van der Waals surface area contributed by atoms with Crippen molar-refractivity contribution < 1.29 is 28.7 Å². The minimum absolute atomic E-state index is 0. The number of halogens is 8. The van der Waals surface area contributed by atoms with Gasteiger partial charge < -0.3 is 81.8 Å². The Morgan fingerprint density at radius 2 is 0.733 bits per heavy atom. The van der Waals surface area contributed by atoms with E-state index in [4.69, 9.17) is 88.8 Å². The maximum Gasteiger partial charge on any atom is 2.00 e. The molecule has 0 saturated heterocycles. The van der Waals surface area contributed by atoms with Crippen LogP contribution in [-0.2, 0) is 11.6 Å². The summed E-state index contributed by atoms with van der Waals surface area (Å²) in [6.45, 7) is 0. The molecule has 0 bridgehead atoms. The average molecular weight is 450 g/mol. The van der Waals surface area contributed by atoms with Gasteiger partial charge in [0.25, 0.3) is 0 Å². The van der Waals surface area contributed by atoms with Gasteiger partial charge in [-0.1, -0.05) is 0 Å². The summed E-state index contributed by atoms with van der Waals surface area (Å²) >= 11 is -0.750. The minimum atomic E-state index is -2.94. The molecule has 0 aromatic carbocycles. The maximum atomic E-state index is 8.29. The van der Waals surface area contributed by atoms with Crippen molar-refractivity contribution >= 4 is 148 Å². The fourth-order valence-corrected chi connectivity index (χ4v) is 0. The third-order valence-corrected chi connectivity index (χ3v) is 0. The molecule has 0 amide bonds. The summed E-state index contributed by atoms with van der Waals surface area (Å²) in [6.07, 6.45) is 0. The van der Waals surface area contributed by atoms with Gasteiger partial charge in [-0.25, -0.2) is 0 Å². The molecule has 0 fully saturated rings. The monoisotopic (exact) mass is 446 g/mol. The van der Waals surface area contributed by atoms with Crippen LogP contribution in [0.1, 0.15) is 1.43 Å². The molecule has 0 aliphatic rings. The fraction of sp³-hybridized carbons (Fsp3) is 0. The average Bonchev–Trinajstić information content (AvgIpc) is 1.52. The van der Waals surface area contributed by atoms with E-state index in [0.29, 0.717) is 0 Å². The van der Waals surface area contributed by atoms with E-state index in [9.17, 15) is 0 Å². The molecule has 0 aliphatic heterocycles. The Kier molecular flexibility index (Phi) is 40.8. The standard InChI is InChI=1S/2Al.Ca.8ClH.Li.O2S.H/c;;;;;;;;;;;;1-3-2;/h;;;8*1H;;;/q2*+3;+2;;;;;;;;;+1;;-1/p-8. The van der Waals surface area contributed by atoms with Crippen molar-refractivity contribution in [1.29, 1.82) is 0 Å². The maximum absolute atomic E-state index is 8.29. The zero-order valence-electron chi connectivity index (χ0n) is 8.11. The van der Waals surface area contributed by atoms with Crippen LogP contribution in [0.2, 0.25) is 0 Å². The van der Waals surface area contributed by atoms with Gasteiger partial charge in [-0.05, 0) is 0 Å². The van der Waals surface area contributed by atoms with Gasteiger partial charge in [0.15, 0.2) is 0 Å². The molecule has 15 heavy (non-hydrogen) atoms. The van der Waals surface area contributed by atoms with E-state index in [1.807, 2.05) is 0 Å². The van der Waals surface area contributed by atoms with Crippen LogP contribution >= 0.6 is 80.4 Å². The predicted octanol–water partition coefficient (Wildman–Crippen LogP) is 0.820. The van der Waals surface area contributed by atoms with E-state index < -0.39 is 30.4 Å². The molecule has 84 valence electrons. The van der Waals surface area contributed by atoms with Gasteiger partial charge in [-0.15, -0.1) is 0 Å². The molecule has 0 aromatic heterocycles. The van der Waals surface area contributed by atoms with Crippen LogP contribution in [0.15, 0.2) is 0 Å². The quantitative estimate of drug-likeness (QED) is 0.513. The predicted molar refractivity (Wildman–Crippen MR) is 74.1 cm³/mol. The molecule has 0 aliphatic carbocycles. The van der Waals surface area contributed by atoms with Crippen molar-refractivity contribution in [2.45, 2.75) is 0 Å². The molecule has 0 heterocycles. The van der Waals surface area contributed by atoms with Crippen molar-refractivity contribution in [2.24, 2.45) is 0 Å². The molecular formula is HAl2CaCl8LiO2S. The van der Waals surface area contributed by atoms with Gasteiger partial charge in [0.05, 0.1) is 0 Å². The minimum Gasteiger partial charge on any atom is -1.00 e. The van der Waals surface area contributed by atoms with Crippen molar-refractivity contribution in [3.05, 3.63) is 0 Å². The summed E-state index contributed by atoms with van der Waals surface area (Å²) in [6, 6.07) is 0. The van der Waals surface area contributed by atoms with Gasteiger partial charge in [-0.2, -0.15) is 8.42 Å². The molecule has 15 heteroatoms. The Morgan fingerprint density at radius 1 is 0.733 bits per heavy atom. The molecule has 2 nitrogen and oxygen atoms in total. The number of rotatable bonds is 0. The van der Waals surface area contributed by atoms with Gasteiger partial charge in [-0.3, -0.25) is 0 Å². The molecule has 0 N–H and O–H groups in total. The summed E-state index contributed by atoms with van der Waals surface area (Å²) < 4.78 is 16.6. The molecular weight excluding hydrogens is 449 g/mol. The number of hydrogen-bond acceptors (Lipinski definition) is 2. The summed E-state index contributed by atoms with van der Waals surface area (Å²) in [5, 5.41) is 0. The van der Waals surface area contributed by atoms with Crippen molar-refractivity contribution in [1.82, 2.24) is 0 Å². The van der Waals surface area contributed by atoms with Crippen LogP contribution in [0, 0.1) is 0 Å². The van der Waals surface area contributed by atoms with E-state index in [1.165, 1.54) is 0 Å². The molecule has 0 aromatic rings. The Bertz CT molecular complexity index is 133. The molecule has 0 radical (unpaired) electrons. The van der Waals surface area contributed by atoms with Gasteiger partial charge in [0.2, 0.25) is 0 Å². The molecule has 0 saturated carbocycles. The number of hydrogen-bond donors (Lipinski definition) is 0. The van der Waals surface area contributed by atoms with E-state index in [1.54, 1.807) is 0 Å². The summed E-state index contributed by atoms with van der Waals surface area (Å²) in [4.78, 5) is 0. The zero-order valence-corrected chi connectivity index (χ0v) is 18.5. The third-order valence-electron chi connectivity index (χ3n) is 0. The SMILES string of the molecule is O=S=O.[Ca+2].[Cl][Al-]([Cl])([Cl])[Cl].[Cl][Al-]([Cl])([Cl])[Cl].[H-].[Li+]. The first-order valence-electron chi connectivity index (χ1n) is 2.08. The topological polar surface area (TPSA) is 34.1 Å². The van der Waals surface area contributed by atoms with Gasteiger partial charge in [0.1, 0.15) is 0 Å². The van der Waals surface area contributed by atoms with Crippen LogP contribution < -0.4 is 18.9 Å². The van der Waals surface area contributed by atoms with Crippen molar-refractivity contribution in [3.8, 4) is 0 Å². The first kappa shape index (κ1) is 32.1. The van der Waals surface area contributed by atoms with Crippen molar-refractivity contribution in [3.63, 3.8) is 0 Å². The Morgan fingerprint density at radius 3 is 0.733 bits per heavy atom. The first-order valence-corrected chi connectivity index (χ1v) is 16.7. The van der Waals surface area contributed by atoms with Crippen LogP contribution in [-0.4, -0.2) is 64.9 Å². The normalized spacial score (nSPS) is 8.80. The largest absolute Gasteiger partial charge is 2.00 e. The third kappa shape index (κ3) is 217. The Hall–Kier alpha value is 5.06. The van der Waals surface area contributed by atoms with Gasteiger partial charge >= 0.3 is 87.0 Å². The van der Waals surface area contributed by atoms with Crippen LogP contribution in [0.3, 0.4) is 0 Å². The van der Waals surface area contributed by atoms with Crippen LogP contribution in [0.25, 0.3) is 0 Å². The van der Waals surface area contributed by atoms with E-state index in [-0.39, 0.29) is 58.0 Å². The molecule has 0 atom stereocenters. The smallest absolute Gasteiger partial charge is 1.00 e. The second-order valence-corrected chi connectivity index (χ2v) is 26.9. The van der Waals surface area contributed by atoms with E-state index >= 15 is 0 Å². The summed E-state index contributed by atoms with van der Waals surface area (Å²) in [7, 11) is 34.1. The van der Waals surface area contributed by atoms with Crippen molar-refractivity contribution in [2.75, 3.05) is 0 Å². The first-order chi connectivity index (χ1) is 5.41. The van der Waals surface area contributed by atoms with Crippen LogP contribution in [0.4, 0.5) is 0 Å². The van der Waals surface area contributed by atoms with Crippen LogP contribution in [0.5, 0.6) is 0 Å². The molecule has 0 spiro atoms. The Balaban J connectivity index is -0.0000000220. The zero-order chi connectivity index (χ0) is 11.7. The van der Waals surface area contributed by atoms with E-state index in [2.05, 4.69) is 0 Å². The summed E-state index contributed by atoms with van der Waals surface area (Å²) in [5.74, 6) is 0. The summed E-state index contributed by atoms with van der Waals surface area (Å²) in [5.41, 5.74) is 0.